The second-order valence-corrected chi connectivity index (χ2v) is 11.0. The maximum absolute atomic E-state index is 13.0. The zero-order valence-corrected chi connectivity index (χ0v) is 21.2. The minimum Gasteiger partial charge on any atom is -0.478 e. The smallest absolute Gasteiger partial charge is 0.335 e. The van der Waals surface area contributed by atoms with Crippen LogP contribution in [0.5, 0.6) is 0 Å². The number of carboxylic acid groups (broad SMARTS) is 1. The summed E-state index contributed by atoms with van der Waals surface area (Å²) in [5, 5.41) is 9.53. The minimum atomic E-state index is -0.975. The highest BCUT2D eigenvalue weighted by Crippen LogP contribution is 2.48. The summed E-state index contributed by atoms with van der Waals surface area (Å²) in [6, 6.07) is 14.3. The van der Waals surface area contributed by atoms with Gasteiger partial charge in [0.2, 0.25) is 5.91 Å². The topological polar surface area (TPSA) is 86.6 Å². The number of carbonyl (C=O) groups is 2. The number of hydrogen-bond acceptors (Lipinski definition) is 5. The monoisotopic (exact) mass is 496 g/mol. The predicted molar refractivity (Wildman–Crippen MR) is 140 cm³/mol. The molecule has 1 aliphatic carbocycles. The number of likely N-dealkylation sites (tertiary alicyclic amines) is 2. The van der Waals surface area contributed by atoms with Crippen LogP contribution < -0.4 is 0 Å². The summed E-state index contributed by atoms with van der Waals surface area (Å²) in [7, 11) is 0. The second kappa shape index (κ2) is 9.38. The van der Waals surface area contributed by atoms with E-state index in [1.807, 2.05) is 24.0 Å². The summed E-state index contributed by atoms with van der Waals surface area (Å²) in [6.07, 6.45) is 7.98. The largest absolute Gasteiger partial charge is 0.478 e. The van der Waals surface area contributed by atoms with Crippen molar-refractivity contribution >= 4 is 11.9 Å². The van der Waals surface area contributed by atoms with E-state index in [0.717, 1.165) is 68.8 Å². The molecule has 3 aromatic rings. The van der Waals surface area contributed by atoms with Crippen LogP contribution in [-0.4, -0.2) is 62.9 Å². The Morgan fingerprint density at radius 1 is 1.05 bits per heavy atom. The van der Waals surface area contributed by atoms with Crippen molar-refractivity contribution in [3.63, 3.8) is 0 Å². The number of rotatable bonds is 5. The van der Waals surface area contributed by atoms with E-state index >= 15 is 0 Å². The van der Waals surface area contributed by atoms with Gasteiger partial charge in [0.15, 0.2) is 5.82 Å². The molecule has 1 atom stereocenters. The number of aryl methyl sites for hydroxylation is 2. The van der Waals surface area contributed by atoms with Crippen LogP contribution in [0.4, 0.5) is 0 Å². The molecule has 37 heavy (non-hydrogen) atoms. The summed E-state index contributed by atoms with van der Waals surface area (Å²) in [5.41, 5.74) is 5.95. The van der Waals surface area contributed by atoms with Gasteiger partial charge >= 0.3 is 5.97 Å². The van der Waals surface area contributed by atoms with Crippen molar-refractivity contribution < 1.29 is 14.7 Å². The summed E-state index contributed by atoms with van der Waals surface area (Å²) in [5.74, 6) is -0.170. The number of carboxylic acids is 1. The summed E-state index contributed by atoms with van der Waals surface area (Å²) in [4.78, 5) is 38.0. The van der Waals surface area contributed by atoms with E-state index in [-0.39, 0.29) is 17.9 Å². The third-order valence-corrected chi connectivity index (χ3v) is 8.55. The molecule has 1 spiro atoms. The Morgan fingerprint density at radius 3 is 2.54 bits per heavy atom. The van der Waals surface area contributed by atoms with Gasteiger partial charge in [-0.3, -0.25) is 9.69 Å². The number of nitrogens with zero attached hydrogens (tertiary/aromatic N) is 4. The van der Waals surface area contributed by atoms with Crippen molar-refractivity contribution in [3.05, 3.63) is 82.7 Å². The zero-order valence-electron chi connectivity index (χ0n) is 21.2. The highest BCUT2D eigenvalue weighted by molar-refractivity contribution is 5.92. The SMILES string of the molecule is Cc1ccc(CC(=O)N2CCC3(CC2)CN([C@@H]2CCc4cc(-c5ncccn5)ccc42)C3)c(C(=O)O)c1. The first-order valence-corrected chi connectivity index (χ1v) is 13.2. The lowest BCUT2D eigenvalue weighted by Crippen LogP contribution is -2.61. The number of amides is 1. The lowest BCUT2D eigenvalue weighted by Gasteiger charge is -2.56. The number of aromatic nitrogens is 2. The van der Waals surface area contributed by atoms with Crippen LogP contribution in [0.1, 0.15) is 57.9 Å². The molecular weight excluding hydrogens is 464 g/mol. The normalized spacial score (nSPS) is 20.5. The van der Waals surface area contributed by atoms with Crippen LogP contribution in [0.25, 0.3) is 11.4 Å². The summed E-state index contributed by atoms with van der Waals surface area (Å²) >= 11 is 0. The summed E-state index contributed by atoms with van der Waals surface area (Å²) in [6.45, 7) is 5.55. The Balaban J connectivity index is 1.05. The molecule has 3 heterocycles. The van der Waals surface area contributed by atoms with Gasteiger partial charge in [0.05, 0.1) is 12.0 Å². The molecule has 190 valence electrons. The molecule has 1 amide bonds. The first-order chi connectivity index (χ1) is 17.9. The third kappa shape index (κ3) is 4.53. The van der Waals surface area contributed by atoms with Crippen LogP contribution in [-0.2, 0) is 17.6 Å². The highest BCUT2D eigenvalue weighted by atomic mass is 16.4. The maximum Gasteiger partial charge on any atom is 0.335 e. The van der Waals surface area contributed by atoms with Crippen LogP contribution in [0, 0.1) is 12.3 Å². The second-order valence-electron chi connectivity index (χ2n) is 11.0. The zero-order chi connectivity index (χ0) is 25.6. The van der Waals surface area contributed by atoms with E-state index in [9.17, 15) is 14.7 Å². The van der Waals surface area contributed by atoms with Crippen LogP contribution in [0.15, 0.2) is 54.9 Å². The molecule has 6 rings (SSSR count). The molecule has 0 saturated carbocycles. The molecule has 7 nitrogen and oxygen atoms in total. The average Bonchev–Trinajstić information content (AvgIpc) is 3.31. The van der Waals surface area contributed by atoms with Crippen molar-refractivity contribution in [3.8, 4) is 11.4 Å². The molecule has 0 unspecified atom stereocenters. The standard InChI is InChI=1S/C30H32N4O3/c1-20-3-4-22(25(15-20)29(36)37)17-27(35)33-13-9-30(10-14-33)18-34(19-30)26-8-6-21-16-23(5-7-24(21)26)28-31-11-2-12-32-28/h2-5,7,11-12,15-16,26H,6,8-10,13-14,17-19H2,1H3,(H,36,37)/t26-/m1/s1. The van der Waals surface area contributed by atoms with Crippen molar-refractivity contribution in [2.45, 2.75) is 45.1 Å². The van der Waals surface area contributed by atoms with E-state index in [1.54, 1.807) is 24.5 Å². The molecular formula is C30H32N4O3. The van der Waals surface area contributed by atoms with Gasteiger partial charge < -0.3 is 10.0 Å². The van der Waals surface area contributed by atoms with Gasteiger partial charge in [0, 0.05) is 50.2 Å². The Kier molecular flexibility index (Phi) is 6.03. The fourth-order valence-corrected chi connectivity index (χ4v) is 6.46. The molecule has 0 radical (unpaired) electrons. The van der Waals surface area contributed by atoms with Crippen molar-refractivity contribution in [2.75, 3.05) is 26.2 Å². The first-order valence-electron chi connectivity index (χ1n) is 13.2. The fourth-order valence-electron chi connectivity index (χ4n) is 6.46. The van der Waals surface area contributed by atoms with Gasteiger partial charge in [0.25, 0.3) is 0 Å². The Hall–Kier alpha value is -3.58. The Morgan fingerprint density at radius 2 is 1.81 bits per heavy atom. The predicted octanol–water partition coefficient (Wildman–Crippen LogP) is 4.30. The third-order valence-electron chi connectivity index (χ3n) is 8.55. The van der Waals surface area contributed by atoms with E-state index in [4.69, 9.17) is 0 Å². The maximum atomic E-state index is 13.0. The number of piperidine rings is 1. The van der Waals surface area contributed by atoms with Crippen LogP contribution >= 0.6 is 0 Å². The summed E-state index contributed by atoms with van der Waals surface area (Å²) < 4.78 is 0. The number of benzene rings is 2. The quantitative estimate of drug-likeness (QED) is 0.567. The molecule has 2 saturated heterocycles. The van der Waals surface area contributed by atoms with Crippen LogP contribution in [0.3, 0.4) is 0 Å². The molecule has 2 aliphatic heterocycles. The number of carbonyl (C=O) groups excluding carboxylic acids is 1. The number of aromatic carboxylic acids is 1. The molecule has 0 bridgehead atoms. The lowest BCUT2D eigenvalue weighted by atomic mass is 9.71. The van der Waals surface area contributed by atoms with Crippen molar-refractivity contribution in [2.24, 2.45) is 5.41 Å². The van der Waals surface area contributed by atoms with E-state index < -0.39 is 5.97 Å². The van der Waals surface area contributed by atoms with Gasteiger partial charge in [-0.05, 0) is 72.9 Å². The molecule has 3 aliphatic rings. The van der Waals surface area contributed by atoms with Gasteiger partial charge in [-0.1, -0.05) is 29.8 Å². The van der Waals surface area contributed by atoms with Gasteiger partial charge in [0.1, 0.15) is 0 Å². The Labute approximate surface area is 217 Å². The van der Waals surface area contributed by atoms with Gasteiger partial charge in [-0.2, -0.15) is 0 Å². The van der Waals surface area contributed by atoms with Gasteiger partial charge in [-0.15, -0.1) is 0 Å². The van der Waals surface area contributed by atoms with Crippen LogP contribution in [0.2, 0.25) is 0 Å². The number of hydrogen-bond donors (Lipinski definition) is 1. The average molecular weight is 497 g/mol. The van der Waals surface area contributed by atoms with Crippen molar-refractivity contribution in [1.82, 2.24) is 19.8 Å². The molecule has 7 heteroatoms. The molecule has 1 aromatic heterocycles. The van der Waals surface area contributed by atoms with E-state index in [0.29, 0.717) is 17.0 Å². The van der Waals surface area contributed by atoms with E-state index in [1.165, 1.54) is 11.1 Å². The molecule has 2 aromatic carbocycles. The minimum absolute atomic E-state index is 0.0281. The van der Waals surface area contributed by atoms with Gasteiger partial charge in [-0.25, -0.2) is 14.8 Å². The molecule has 1 N–H and O–H groups in total. The lowest BCUT2D eigenvalue weighted by molar-refractivity contribution is -0.136. The first kappa shape index (κ1) is 23.8. The highest BCUT2D eigenvalue weighted by Gasteiger charge is 2.48. The fraction of sp³-hybridized carbons (Fsp3) is 0.400. The Bertz CT molecular complexity index is 1340. The molecule has 2 fully saturated rings. The van der Waals surface area contributed by atoms with Crippen molar-refractivity contribution in [1.29, 1.82) is 0 Å². The van der Waals surface area contributed by atoms with E-state index in [2.05, 4.69) is 33.1 Å². The number of fused-ring (bicyclic) bond motifs is 1.